The van der Waals surface area contributed by atoms with Crippen LogP contribution in [0.3, 0.4) is 0 Å². The molecule has 0 fully saturated rings. The quantitative estimate of drug-likeness (QED) is 0.432. The molecule has 1 aromatic carbocycles. The number of allylic oxidation sites excluding steroid dienone is 1. The number of nitrogens with zero attached hydrogens (tertiary/aromatic N) is 1. The van der Waals surface area contributed by atoms with Crippen molar-refractivity contribution < 1.29 is 9.53 Å². The van der Waals surface area contributed by atoms with Gasteiger partial charge in [-0.05, 0) is 24.1 Å². The van der Waals surface area contributed by atoms with Crippen molar-refractivity contribution in [2.45, 2.75) is 13.3 Å². The molecule has 0 atom stereocenters. The lowest BCUT2D eigenvalue weighted by atomic mass is 10.2. The number of aryl methyl sites for hydroxylation is 1. The summed E-state index contributed by atoms with van der Waals surface area (Å²) in [5, 5.41) is 0. The Balaban J connectivity index is 2.81. The molecule has 0 N–H and O–H groups in total. The number of aldehydes is 1. The van der Waals surface area contributed by atoms with Gasteiger partial charge >= 0.3 is 0 Å². The second-order valence-corrected chi connectivity index (χ2v) is 3.72. The Morgan fingerprint density at radius 3 is 2.75 bits per heavy atom. The number of ether oxygens (including phenoxy) is 1. The van der Waals surface area contributed by atoms with Gasteiger partial charge in [0.1, 0.15) is 5.75 Å². The minimum Gasteiger partial charge on any atom is -0.452 e. The first-order valence-electron chi connectivity index (χ1n) is 5.26. The fourth-order valence-corrected chi connectivity index (χ4v) is 1.30. The van der Waals surface area contributed by atoms with E-state index < -0.39 is 0 Å². The minimum atomic E-state index is 0.304. The molecule has 3 heteroatoms. The van der Waals surface area contributed by atoms with Crippen LogP contribution in [0.25, 0.3) is 0 Å². The lowest BCUT2D eigenvalue weighted by Gasteiger charge is -2.09. The zero-order valence-corrected chi connectivity index (χ0v) is 9.93. The molecule has 0 spiro atoms. The Bertz CT molecular complexity index is 383. The van der Waals surface area contributed by atoms with Crippen LogP contribution in [0.5, 0.6) is 5.75 Å². The van der Waals surface area contributed by atoms with E-state index in [1.54, 1.807) is 11.1 Å². The Morgan fingerprint density at radius 1 is 1.44 bits per heavy atom. The number of hydrogen-bond donors (Lipinski definition) is 0. The van der Waals surface area contributed by atoms with Crippen LogP contribution in [0.2, 0.25) is 0 Å². The zero-order chi connectivity index (χ0) is 12.0. The molecular weight excluding hydrogens is 202 g/mol. The van der Waals surface area contributed by atoms with E-state index >= 15 is 0 Å². The molecule has 0 saturated carbocycles. The van der Waals surface area contributed by atoms with Crippen LogP contribution >= 0.6 is 0 Å². The first-order chi connectivity index (χ1) is 7.65. The maximum Gasteiger partial charge on any atom is 0.186 e. The van der Waals surface area contributed by atoms with Crippen molar-refractivity contribution in [2.24, 2.45) is 0 Å². The predicted octanol–water partition coefficient (Wildman–Crippen LogP) is 2.23. The lowest BCUT2D eigenvalue weighted by molar-refractivity contribution is -0.106. The van der Waals surface area contributed by atoms with E-state index in [0.717, 1.165) is 6.42 Å². The molecule has 0 aliphatic carbocycles. The first-order valence-corrected chi connectivity index (χ1v) is 5.26. The molecule has 0 unspecified atom stereocenters. The van der Waals surface area contributed by atoms with Gasteiger partial charge in [0.25, 0.3) is 0 Å². The van der Waals surface area contributed by atoms with Gasteiger partial charge in [0, 0.05) is 20.3 Å². The summed E-state index contributed by atoms with van der Waals surface area (Å²) in [6.45, 7) is 2.08. The third kappa shape index (κ3) is 3.77. The summed E-state index contributed by atoms with van der Waals surface area (Å²) >= 11 is 0. The molecular formula is C13H17NO2. The summed E-state index contributed by atoms with van der Waals surface area (Å²) in [4.78, 5) is 12.6. The molecule has 3 nitrogen and oxygen atoms in total. The third-order valence-corrected chi connectivity index (χ3v) is 2.04. The van der Waals surface area contributed by atoms with E-state index in [0.29, 0.717) is 17.8 Å². The average Bonchev–Trinajstić information content (AvgIpc) is 2.28. The fraction of sp³-hybridized carbons (Fsp3) is 0.308. The molecule has 1 rings (SSSR count). The van der Waals surface area contributed by atoms with Crippen LogP contribution < -0.4 is 4.74 Å². The number of rotatable bonds is 5. The van der Waals surface area contributed by atoms with Crippen molar-refractivity contribution in [3.8, 4) is 5.75 Å². The summed E-state index contributed by atoms with van der Waals surface area (Å²) < 4.78 is 5.47. The van der Waals surface area contributed by atoms with Gasteiger partial charge in [-0.25, -0.2) is 0 Å². The topological polar surface area (TPSA) is 29.5 Å². The van der Waals surface area contributed by atoms with Gasteiger partial charge < -0.3 is 9.64 Å². The normalized spacial score (nSPS) is 11.1. The van der Waals surface area contributed by atoms with Crippen LogP contribution in [0, 0.1) is 0 Å². The van der Waals surface area contributed by atoms with Crippen molar-refractivity contribution in [1.29, 1.82) is 0 Å². The molecule has 16 heavy (non-hydrogen) atoms. The molecule has 0 heterocycles. The molecule has 0 aromatic heterocycles. The molecule has 0 radical (unpaired) electrons. The van der Waals surface area contributed by atoms with Gasteiger partial charge in [-0.1, -0.05) is 19.1 Å². The fourth-order valence-electron chi connectivity index (χ4n) is 1.30. The van der Waals surface area contributed by atoms with Crippen LogP contribution in [0.15, 0.2) is 36.2 Å². The van der Waals surface area contributed by atoms with E-state index in [9.17, 15) is 4.79 Å². The number of benzene rings is 1. The average molecular weight is 219 g/mol. The Morgan fingerprint density at radius 2 is 2.19 bits per heavy atom. The zero-order valence-electron chi connectivity index (χ0n) is 9.93. The summed E-state index contributed by atoms with van der Waals surface area (Å²) in [7, 11) is 3.69. The molecule has 0 aliphatic heterocycles. The highest BCUT2D eigenvalue weighted by molar-refractivity contribution is 5.70. The van der Waals surface area contributed by atoms with E-state index in [1.807, 2.05) is 38.4 Å². The predicted molar refractivity (Wildman–Crippen MR) is 64.3 cm³/mol. The second kappa shape index (κ2) is 5.95. The van der Waals surface area contributed by atoms with Crippen LogP contribution in [-0.2, 0) is 11.2 Å². The summed E-state index contributed by atoms with van der Waals surface area (Å²) in [6, 6.07) is 7.73. The van der Waals surface area contributed by atoms with Gasteiger partial charge in [-0.15, -0.1) is 0 Å². The molecule has 0 bridgehead atoms. The maximum absolute atomic E-state index is 10.8. The highest BCUT2D eigenvalue weighted by Crippen LogP contribution is 2.16. The van der Waals surface area contributed by atoms with Crippen LogP contribution in [0.1, 0.15) is 12.5 Å². The Labute approximate surface area is 96.3 Å². The number of hydrogen-bond acceptors (Lipinski definition) is 3. The molecule has 0 aliphatic rings. The van der Waals surface area contributed by atoms with Gasteiger partial charge in [0.05, 0.1) is 0 Å². The molecule has 0 saturated heterocycles. The van der Waals surface area contributed by atoms with Gasteiger partial charge in [-0.2, -0.15) is 0 Å². The van der Waals surface area contributed by atoms with Crippen molar-refractivity contribution in [1.82, 2.24) is 4.90 Å². The van der Waals surface area contributed by atoms with E-state index in [2.05, 4.69) is 6.92 Å². The molecule has 86 valence electrons. The first kappa shape index (κ1) is 12.3. The second-order valence-electron chi connectivity index (χ2n) is 3.72. The monoisotopic (exact) mass is 219 g/mol. The van der Waals surface area contributed by atoms with E-state index in [1.165, 1.54) is 5.56 Å². The molecule has 0 amide bonds. The lowest BCUT2D eigenvalue weighted by Crippen LogP contribution is -2.07. The Hall–Kier alpha value is -1.77. The van der Waals surface area contributed by atoms with E-state index in [4.69, 9.17) is 4.74 Å². The van der Waals surface area contributed by atoms with Gasteiger partial charge in [0.2, 0.25) is 0 Å². The van der Waals surface area contributed by atoms with Gasteiger partial charge in [-0.3, -0.25) is 4.79 Å². The van der Waals surface area contributed by atoms with Crippen molar-refractivity contribution in [3.63, 3.8) is 0 Å². The highest BCUT2D eigenvalue weighted by Gasteiger charge is 2.00. The highest BCUT2D eigenvalue weighted by atomic mass is 16.5. The standard InChI is InChI=1S/C13H17NO2/c1-4-11-6-5-7-12(8-11)16-13(10-15)9-14(2)3/h5-10H,4H2,1-3H3/b13-9-. The number of carbonyl (C=O) groups is 1. The van der Waals surface area contributed by atoms with E-state index in [-0.39, 0.29) is 0 Å². The van der Waals surface area contributed by atoms with Crippen molar-refractivity contribution >= 4 is 6.29 Å². The number of carbonyl (C=O) groups excluding carboxylic acids is 1. The molecule has 1 aromatic rings. The largest absolute Gasteiger partial charge is 0.452 e. The minimum absolute atomic E-state index is 0.304. The van der Waals surface area contributed by atoms with Crippen molar-refractivity contribution in [2.75, 3.05) is 14.1 Å². The maximum atomic E-state index is 10.8. The van der Waals surface area contributed by atoms with Crippen LogP contribution in [0.4, 0.5) is 0 Å². The smallest absolute Gasteiger partial charge is 0.186 e. The third-order valence-electron chi connectivity index (χ3n) is 2.04. The summed E-state index contributed by atoms with van der Waals surface area (Å²) in [6.07, 6.45) is 3.30. The Kier molecular flexibility index (Phi) is 4.58. The van der Waals surface area contributed by atoms with Crippen LogP contribution in [-0.4, -0.2) is 25.3 Å². The SMILES string of the molecule is CCc1cccc(O/C(C=O)=C\N(C)C)c1. The van der Waals surface area contributed by atoms with Crippen molar-refractivity contribution in [3.05, 3.63) is 41.8 Å². The summed E-state index contributed by atoms with van der Waals surface area (Å²) in [5.74, 6) is 0.998. The van der Waals surface area contributed by atoms with Gasteiger partial charge in [0.15, 0.2) is 12.0 Å². The summed E-state index contributed by atoms with van der Waals surface area (Å²) in [5.41, 5.74) is 1.19.